The summed E-state index contributed by atoms with van der Waals surface area (Å²) in [4.78, 5) is 38.1. The standard InChI is InChI=1S/C71H128O6/c1-4-7-10-13-16-18-20-22-24-26-28-30-32-33-34-35-36-37-39-40-42-44-46-48-50-52-55-58-61-64-70(73)76-67-68(66-75-69(72)63-60-57-54-15-12-9-6-3)77-71(74)65-62-59-56-53-51-49-47-45-43-41-38-31-29-27-25-23-21-19-17-14-11-8-5-2/h8,11,17,19,23,25,29,31,41,43,68H,4-7,9-10,12-16,18,20-22,24,26-28,30,32-40,42,44-67H2,1-3H3/b11-8-,19-17-,25-23-,31-29-,43-41-. The van der Waals surface area contributed by atoms with Gasteiger partial charge in [0.15, 0.2) is 6.10 Å². The minimum Gasteiger partial charge on any atom is -0.462 e. The smallest absolute Gasteiger partial charge is 0.306 e. The van der Waals surface area contributed by atoms with Crippen LogP contribution < -0.4 is 0 Å². The van der Waals surface area contributed by atoms with Gasteiger partial charge in [0, 0.05) is 19.3 Å². The fourth-order valence-corrected chi connectivity index (χ4v) is 10.0. The van der Waals surface area contributed by atoms with Gasteiger partial charge in [-0.3, -0.25) is 14.4 Å². The van der Waals surface area contributed by atoms with Crippen LogP contribution in [0.5, 0.6) is 0 Å². The van der Waals surface area contributed by atoms with Crippen molar-refractivity contribution in [2.45, 2.75) is 361 Å². The van der Waals surface area contributed by atoms with E-state index in [9.17, 15) is 14.4 Å². The predicted molar refractivity (Wildman–Crippen MR) is 335 cm³/mol. The molecule has 0 aliphatic carbocycles. The lowest BCUT2D eigenvalue weighted by Gasteiger charge is -2.18. The highest BCUT2D eigenvalue weighted by molar-refractivity contribution is 5.71. The molecule has 0 aromatic carbocycles. The Morgan fingerprint density at radius 3 is 0.792 bits per heavy atom. The second kappa shape index (κ2) is 65.6. The number of esters is 3. The van der Waals surface area contributed by atoms with E-state index in [0.29, 0.717) is 19.3 Å². The lowest BCUT2D eigenvalue weighted by Crippen LogP contribution is -2.30. The zero-order chi connectivity index (χ0) is 55.7. The molecule has 77 heavy (non-hydrogen) atoms. The van der Waals surface area contributed by atoms with Crippen LogP contribution in [0.2, 0.25) is 0 Å². The number of ether oxygens (including phenoxy) is 3. The van der Waals surface area contributed by atoms with Crippen LogP contribution in [0.15, 0.2) is 60.8 Å². The summed E-state index contributed by atoms with van der Waals surface area (Å²) in [6.07, 6.45) is 84.2. The van der Waals surface area contributed by atoms with Crippen LogP contribution in [0.4, 0.5) is 0 Å². The Kier molecular flexibility index (Phi) is 63.2. The largest absolute Gasteiger partial charge is 0.462 e. The number of rotatable bonds is 62. The first-order chi connectivity index (χ1) is 38.0. The van der Waals surface area contributed by atoms with Crippen LogP contribution in [-0.4, -0.2) is 37.2 Å². The molecule has 1 unspecified atom stereocenters. The number of carbonyl (C=O) groups excluding carboxylic acids is 3. The number of unbranched alkanes of at least 4 members (excludes halogenated alkanes) is 41. The summed E-state index contributed by atoms with van der Waals surface area (Å²) in [5.74, 6) is -0.875. The Hall–Kier alpha value is -2.89. The maximum absolute atomic E-state index is 12.9. The second-order valence-electron chi connectivity index (χ2n) is 22.7. The molecule has 0 aromatic heterocycles. The fourth-order valence-electron chi connectivity index (χ4n) is 10.0. The minimum atomic E-state index is -0.777. The lowest BCUT2D eigenvalue weighted by molar-refractivity contribution is -0.167. The molecule has 0 radical (unpaired) electrons. The number of hydrogen-bond donors (Lipinski definition) is 0. The number of allylic oxidation sites excluding steroid dienone is 10. The van der Waals surface area contributed by atoms with Gasteiger partial charge in [-0.2, -0.15) is 0 Å². The van der Waals surface area contributed by atoms with Crippen molar-refractivity contribution in [2.24, 2.45) is 0 Å². The maximum atomic E-state index is 12.9. The van der Waals surface area contributed by atoms with Crippen LogP contribution in [0.25, 0.3) is 0 Å². The number of hydrogen-bond acceptors (Lipinski definition) is 6. The summed E-state index contributed by atoms with van der Waals surface area (Å²) in [6.45, 7) is 6.53. The third-order valence-electron chi connectivity index (χ3n) is 15.0. The topological polar surface area (TPSA) is 78.9 Å². The zero-order valence-corrected chi connectivity index (χ0v) is 51.5. The van der Waals surface area contributed by atoms with Crippen LogP contribution in [0, 0.1) is 0 Å². The third-order valence-corrected chi connectivity index (χ3v) is 15.0. The van der Waals surface area contributed by atoms with E-state index in [0.717, 1.165) is 96.3 Å². The monoisotopic (exact) mass is 1080 g/mol. The molecular weight excluding hydrogens is 949 g/mol. The molecule has 0 saturated heterocycles. The Balaban J connectivity index is 4.06. The lowest BCUT2D eigenvalue weighted by atomic mass is 10.0. The van der Waals surface area contributed by atoms with E-state index in [1.54, 1.807) is 0 Å². The molecular formula is C71H128O6. The predicted octanol–water partition coefficient (Wildman–Crippen LogP) is 23.1. The Bertz CT molecular complexity index is 1380. The van der Waals surface area contributed by atoms with Gasteiger partial charge in [0.05, 0.1) is 0 Å². The van der Waals surface area contributed by atoms with Crippen molar-refractivity contribution >= 4 is 17.9 Å². The molecule has 0 N–H and O–H groups in total. The Morgan fingerprint density at radius 2 is 0.506 bits per heavy atom. The highest BCUT2D eigenvalue weighted by Crippen LogP contribution is 2.18. The summed E-state index contributed by atoms with van der Waals surface area (Å²) in [5, 5.41) is 0. The molecule has 0 amide bonds. The Labute approximate surface area is 479 Å². The summed E-state index contributed by atoms with van der Waals surface area (Å²) in [6, 6.07) is 0. The van der Waals surface area contributed by atoms with E-state index in [-0.39, 0.29) is 31.1 Å². The summed E-state index contributed by atoms with van der Waals surface area (Å²) >= 11 is 0. The molecule has 0 aliphatic heterocycles. The molecule has 448 valence electrons. The molecule has 0 heterocycles. The van der Waals surface area contributed by atoms with Gasteiger partial charge in [-0.25, -0.2) is 0 Å². The van der Waals surface area contributed by atoms with E-state index < -0.39 is 6.10 Å². The number of carbonyl (C=O) groups is 3. The molecule has 0 rings (SSSR count). The van der Waals surface area contributed by atoms with Gasteiger partial charge in [-0.15, -0.1) is 0 Å². The fraction of sp³-hybridized carbons (Fsp3) is 0.817. The highest BCUT2D eigenvalue weighted by Gasteiger charge is 2.19. The Morgan fingerprint density at radius 1 is 0.273 bits per heavy atom. The maximum Gasteiger partial charge on any atom is 0.306 e. The van der Waals surface area contributed by atoms with E-state index in [2.05, 4.69) is 81.5 Å². The molecule has 6 nitrogen and oxygen atoms in total. The van der Waals surface area contributed by atoms with Gasteiger partial charge >= 0.3 is 17.9 Å². The van der Waals surface area contributed by atoms with Gasteiger partial charge in [-0.05, 0) is 64.2 Å². The average molecular weight is 1080 g/mol. The summed E-state index contributed by atoms with van der Waals surface area (Å²) in [7, 11) is 0. The SMILES string of the molecule is CC/C=C\C/C=C\C/C=C\C/C=C\C/C=C\CCCCCCCCCC(=O)OC(COC(=O)CCCCCCCCC)COC(=O)CCCCCCCCCCCCCCCCCCCCCCCCCCCCCCC. The molecule has 0 aliphatic rings. The molecule has 0 bridgehead atoms. The zero-order valence-electron chi connectivity index (χ0n) is 51.5. The van der Waals surface area contributed by atoms with E-state index >= 15 is 0 Å². The van der Waals surface area contributed by atoms with Crippen LogP contribution in [-0.2, 0) is 28.6 Å². The van der Waals surface area contributed by atoms with Gasteiger partial charge < -0.3 is 14.2 Å². The molecule has 0 saturated carbocycles. The quantitative estimate of drug-likeness (QED) is 0.0261. The molecule has 0 fully saturated rings. The average Bonchev–Trinajstić information content (AvgIpc) is 3.43. The van der Waals surface area contributed by atoms with Gasteiger partial charge in [0.2, 0.25) is 0 Å². The normalized spacial score (nSPS) is 12.4. The van der Waals surface area contributed by atoms with Crippen LogP contribution in [0.3, 0.4) is 0 Å². The third kappa shape index (κ3) is 63.8. The van der Waals surface area contributed by atoms with Crippen molar-refractivity contribution in [1.29, 1.82) is 0 Å². The van der Waals surface area contributed by atoms with E-state index in [4.69, 9.17) is 14.2 Å². The van der Waals surface area contributed by atoms with E-state index in [1.165, 1.54) is 218 Å². The highest BCUT2D eigenvalue weighted by atomic mass is 16.6. The van der Waals surface area contributed by atoms with Crippen molar-refractivity contribution in [2.75, 3.05) is 13.2 Å². The van der Waals surface area contributed by atoms with Gasteiger partial charge in [0.25, 0.3) is 0 Å². The van der Waals surface area contributed by atoms with Crippen LogP contribution in [0.1, 0.15) is 355 Å². The van der Waals surface area contributed by atoms with Crippen LogP contribution >= 0.6 is 0 Å². The van der Waals surface area contributed by atoms with E-state index in [1.807, 2.05) is 0 Å². The molecule has 0 spiro atoms. The van der Waals surface area contributed by atoms with Gasteiger partial charge in [0.1, 0.15) is 13.2 Å². The second-order valence-corrected chi connectivity index (χ2v) is 22.7. The summed E-state index contributed by atoms with van der Waals surface area (Å²) < 4.78 is 16.9. The van der Waals surface area contributed by atoms with Crippen molar-refractivity contribution in [3.05, 3.63) is 60.8 Å². The molecule has 6 heteroatoms. The molecule has 0 aromatic rings. The molecule has 1 atom stereocenters. The van der Waals surface area contributed by atoms with Crippen molar-refractivity contribution in [1.82, 2.24) is 0 Å². The van der Waals surface area contributed by atoms with Crippen molar-refractivity contribution in [3.63, 3.8) is 0 Å². The summed E-state index contributed by atoms with van der Waals surface area (Å²) in [5.41, 5.74) is 0. The minimum absolute atomic E-state index is 0.0749. The van der Waals surface area contributed by atoms with Crippen molar-refractivity contribution < 1.29 is 28.6 Å². The first-order valence-electron chi connectivity index (χ1n) is 33.8. The first kappa shape index (κ1) is 74.1. The first-order valence-corrected chi connectivity index (χ1v) is 33.8. The van der Waals surface area contributed by atoms with Crippen molar-refractivity contribution in [3.8, 4) is 0 Å². The van der Waals surface area contributed by atoms with Gasteiger partial charge in [-0.1, -0.05) is 332 Å².